The highest BCUT2D eigenvalue weighted by atomic mass is 16.3. The van der Waals surface area contributed by atoms with Gasteiger partial charge in [-0.3, -0.25) is 0 Å². The van der Waals surface area contributed by atoms with Crippen LogP contribution in [0.3, 0.4) is 0 Å². The number of rotatable bonds is 2. The summed E-state index contributed by atoms with van der Waals surface area (Å²) in [6.45, 7) is 4.04. The predicted molar refractivity (Wildman–Crippen MR) is 109 cm³/mol. The smallest absolute Gasteiger partial charge is 0.150 e. The molecule has 3 aliphatic rings. The highest BCUT2D eigenvalue weighted by Gasteiger charge is 2.43. The number of phenols is 1. The molecule has 1 saturated heterocycles. The predicted octanol–water partition coefficient (Wildman–Crippen LogP) is 4.47. The van der Waals surface area contributed by atoms with Crippen LogP contribution in [0.25, 0.3) is 17.0 Å². The van der Waals surface area contributed by atoms with E-state index in [-0.39, 0.29) is 11.7 Å². The molecule has 5 rings (SSSR count). The summed E-state index contributed by atoms with van der Waals surface area (Å²) in [4.78, 5) is 10.6. The first kappa shape index (κ1) is 16.6. The van der Waals surface area contributed by atoms with Crippen molar-refractivity contribution in [3.63, 3.8) is 0 Å². The number of piperidine rings is 1. The van der Waals surface area contributed by atoms with Crippen molar-refractivity contribution in [2.24, 2.45) is 16.8 Å². The minimum Gasteiger partial charge on any atom is -0.508 e. The molecule has 2 fully saturated rings. The number of aliphatic imine (C=N–C) groups is 1. The summed E-state index contributed by atoms with van der Waals surface area (Å²) >= 11 is 0. The van der Waals surface area contributed by atoms with Crippen molar-refractivity contribution in [2.75, 3.05) is 13.1 Å². The molecule has 1 unspecified atom stereocenters. The van der Waals surface area contributed by atoms with Crippen molar-refractivity contribution in [1.82, 2.24) is 9.88 Å². The fourth-order valence-corrected chi connectivity index (χ4v) is 4.61. The second-order valence-electron chi connectivity index (χ2n) is 8.21. The zero-order chi connectivity index (χ0) is 18.5. The third kappa shape index (κ3) is 2.85. The highest BCUT2D eigenvalue weighted by Crippen LogP contribution is 2.45. The van der Waals surface area contributed by atoms with E-state index in [4.69, 9.17) is 10.4 Å². The van der Waals surface area contributed by atoms with Crippen LogP contribution < -0.4 is 0 Å². The van der Waals surface area contributed by atoms with E-state index in [1.807, 2.05) is 19.2 Å². The Balaban J connectivity index is 1.57. The van der Waals surface area contributed by atoms with Gasteiger partial charge in [0.2, 0.25) is 0 Å². The van der Waals surface area contributed by atoms with E-state index in [1.165, 1.54) is 32.1 Å². The molecule has 1 atom stereocenters. The quantitative estimate of drug-likeness (QED) is 0.737. The first-order valence-corrected chi connectivity index (χ1v) is 10.1. The number of phenolic OH excluding ortho intramolecular Hbond substituents is 1. The number of hydrogen-bond acceptors (Lipinski definition) is 4. The number of aryl methyl sites for hydroxylation is 1. The molecule has 0 bridgehead atoms. The molecule has 3 N–H and O–H groups in total. The topological polar surface area (TPSA) is 75.5 Å². The van der Waals surface area contributed by atoms with E-state index in [2.05, 4.69) is 16.0 Å². The minimum absolute atomic E-state index is 0.130. The lowest BCUT2D eigenvalue weighted by molar-refractivity contribution is 0.346. The van der Waals surface area contributed by atoms with Crippen LogP contribution >= 0.6 is 0 Å². The molecule has 3 heterocycles. The van der Waals surface area contributed by atoms with Crippen LogP contribution in [0, 0.1) is 24.2 Å². The second kappa shape index (κ2) is 6.25. The number of aromatic nitrogens is 1. The summed E-state index contributed by atoms with van der Waals surface area (Å²) < 4.78 is 0. The summed E-state index contributed by atoms with van der Waals surface area (Å²) in [5.74, 6) is 1.88. The number of benzene rings is 1. The molecule has 1 aromatic heterocycles. The van der Waals surface area contributed by atoms with Crippen LogP contribution in [-0.2, 0) is 0 Å². The van der Waals surface area contributed by atoms with E-state index < -0.39 is 0 Å². The molecule has 2 aromatic rings. The minimum atomic E-state index is 0.130. The van der Waals surface area contributed by atoms with Crippen LogP contribution in [0.15, 0.2) is 29.0 Å². The first-order chi connectivity index (χ1) is 13.1. The summed E-state index contributed by atoms with van der Waals surface area (Å²) in [7, 11) is 0. The van der Waals surface area contributed by atoms with Gasteiger partial charge in [0.05, 0.1) is 11.4 Å². The molecule has 0 radical (unpaired) electrons. The molecule has 1 aliphatic carbocycles. The van der Waals surface area contributed by atoms with Gasteiger partial charge in [0, 0.05) is 41.7 Å². The number of allylic oxidation sites excluding steroid dienone is 1. The molecule has 140 valence electrons. The zero-order valence-corrected chi connectivity index (χ0v) is 15.8. The third-order valence-corrected chi connectivity index (χ3v) is 6.16. The standard InChI is InChI=1S/C22H26N4O/c1-13-9-16(27)11-17-15(12-24-21(13)17)10-18-19(14-5-6-14)20(23)22(25-18)26-7-3-2-4-8-26/h9-12,14,19,23-24,27H,2-8H2,1H3/b18-10-,23-20?. The maximum atomic E-state index is 10.0. The van der Waals surface area contributed by atoms with E-state index in [1.54, 1.807) is 6.07 Å². The molecule has 0 spiro atoms. The van der Waals surface area contributed by atoms with Crippen LogP contribution in [-0.4, -0.2) is 39.6 Å². The summed E-state index contributed by atoms with van der Waals surface area (Å²) in [5.41, 5.74) is 4.86. The number of H-pyrrole nitrogens is 1. The van der Waals surface area contributed by atoms with Gasteiger partial charge in [-0.1, -0.05) is 0 Å². The Bertz CT molecular complexity index is 974. The maximum Gasteiger partial charge on any atom is 0.150 e. The van der Waals surface area contributed by atoms with Crippen molar-refractivity contribution >= 4 is 28.5 Å². The molecule has 1 aromatic carbocycles. The Morgan fingerprint density at radius 3 is 2.74 bits per heavy atom. The molecular weight excluding hydrogens is 336 g/mol. The second-order valence-corrected chi connectivity index (χ2v) is 8.21. The molecule has 5 nitrogen and oxygen atoms in total. The van der Waals surface area contributed by atoms with Gasteiger partial charge in [-0.2, -0.15) is 0 Å². The number of aromatic amines is 1. The lowest BCUT2D eigenvalue weighted by Crippen LogP contribution is -2.39. The van der Waals surface area contributed by atoms with Crippen LogP contribution in [0.4, 0.5) is 0 Å². The monoisotopic (exact) mass is 362 g/mol. The van der Waals surface area contributed by atoms with E-state index in [9.17, 15) is 5.11 Å². The number of nitrogens with zero attached hydrogens (tertiary/aromatic N) is 2. The Labute approximate surface area is 159 Å². The lowest BCUT2D eigenvalue weighted by atomic mass is 9.94. The molecule has 27 heavy (non-hydrogen) atoms. The lowest BCUT2D eigenvalue weighted by Gasteiger charge is -2.28. The molecular formula is C22H26N4O. The Kier molecular flexibility index (Phi) is 3.85. The van der Waals surface area contributed by atoms with Crippen molar-refractivity contribution in [2.45, 2.75) is 39.0 Å². The normalized spacial score (nSPS) is 24.9. The van der Waals surface area contributed by atoms with Crippen molar-refractivity contribution < 1.29 is 5.11 Å². The first-order valence-electron chi connectivity index (χ1n) is 10.1. The largest absolute Gasteiger partial charge is 0.508 e. The Morgan fingerprint density at radius 1 is 1.22 bits per heavy atom. The van der Waals surface area contributed by atoms with Gasteiger partial charge in [0.1, 0.15) is 5.75 Å². The number of nitrogens with one attached hydrogen (secondary N) is 2. The third-order valence-electron chi connectivity index (χ3n) is 6.16. The van der Waals surface area contributed by atoms with Crippen LogP contribution in [0.5, 0.6) is 5.75 Å². The Morgan fingerprint density at radius 2 is 2.00 bits per heavy atom. The summed E-state index contributed by atoms with van der Waals surface area (Å²) in [6, 6.07) is 3.59. The fourth-order valence-electron chi connectivity index (χ4n) is 4.61. The van der Waals surface area contributed by atoms with Crippen molar-refractivity contribution in [1.29, 1.82) is 5.41 Å². The van der Waals surface area contributed by atoms with Gasteiger partial charge >= 0.3 is 0 Å². The van der Waals surface area contributed by atoms with Gasteiger partial charge in [0.15, 0.2) is 5.84 Å². The van der Waals surface area contributed by atoms with E-state index in [0.717, 1.165) is 46.7 Å². The molecule has 5 heteroatoms. The van der Waals surface area contributed by atoms with Gasteiger partial charge in [0.25, 0.3) is 0 Å². The van der Waals surface area contributed by atoms with Crippen LogP contribution in [0.2, 0.25) is 0 Å². The zero-order valence-electron chi connectivity index (χ0n) is 15.8. The van der Waals surface area contributed by atoms with Crippen molar-refractivity contribution in [3.05, 3.63) is 35.2 Å². The van der Waals surface area contributed by atoms with Gasteiger partial charge in [-0.25, -0.2) is 4.99 Å². The van der Waals surface area contributed by atoms with Gasteiger partial charge in [-0.15, -0.1) is 0 Å². The van der Waals surface area contributed by atoms with Gasteiger partial charge in [-0.05, 0) is 68.7 Å². The van der Waals surface area contributed by atoms with Crippen molar-refractivity contribution in [3.8, 4) is 5.75 Å². The Hall–Kier alpha value is -2.56. The number of aromatic hydroxyl groups is 1. The maximum absolute atomic E-state index is 10.0. The SMILES string of the molecule is Cc1cc(O)cc2c(/C=C3\N=C(N4CCCCC4)C(=N)C3C3CC3)c[nH]c12. The van der Waals surface area contributed by atoms with Gasteiger partial charge < -0.3 is 20.4 Å². The summed E-state index contributed by atoms with van der Waals surface area (Å²) in [5, 5.41) is 19.8. The fraction of sp³-hybridized carbons (Fsp3) is 0.455. The average molecular weight is 362 g/mol. The molecule has 1 saturated carbocycles. The highest BCUT2D eigenvalue weighted by molar-refractivity contribution is 6.43. The number of fused-ring (bicyclic) bond motifs is 1. The summed E-state index contributed by atoms with van der Waals surface area (Å²) in [6.07, 6.45) is 10.2. The molecule has 0 amide bonds. The van der Waals surface area contributed by atoms with Crippen LogP contribution in [0.1, 0.15) is 43.2 Å². The molecule has 2 aliphatic heterocycles. The average Bonchev–Trinajstić information content (AvgIpc) is 3.33. The van der Waals surface area contributed by atoms with E-state index >= 15 is 0 Å². The number of likely N-dealkylation sites (tertiary alicyclic amines) is 1. The number of amidine groups is 1. The van der Waals surface area contributed by atoms with E-state index in [0.29, 0.717) is 11.6 Å². The number of hydrogen-bond donors (Lipinski definition) is 3.